The molecule has 0 aromatic carbocycles. The zero-order valence-electron chi connectivity index (χ0n) is 12.0. The SMILES string of the molecule is Cc1[nH]cnc1CN1CC[C@@H](Nc2ncccn2)[C@H](O)C1. The van der Waals surface area contributed by atoms with Crippen molar-refractivity contribution >= 4 is 5.95 Å². The predicted octanol–water partition coefficient (Wildman–Crippen LogP) is 0.555. The Morgan fingerprint density at radius 2 is 2.19 bits per heavy atom. The number of imidazole rings is 1. The van der Waals surface area contributed by atoms with Crippen LogP contribution >= 0.6 is 0 Å². The number of likely N-dealkylation sites (tertiary alicyclic amines) is 1. The van der Waals surface area contributed by atoms with Crippen LogP contribution in [0.25, 0.3) is 0 Å². The van der Waals surface area contributed by atoms with E-state index in [1.54, 1.807) is 24.8 Å². The standard InChI is InChI=1S/C14H20N6O/c1-10-12(18-9-17-10)7-20-6-3-11(13(21)8-20)19-14-15-4-2-5-16-14/h2,4-5,9,11,13,21H,3,6-8H2,1H3,(H,17,18)(H,15,16,19)/t11-,13-/m1/s1. The van der Waals surface area contributed by atoms with Gasteiger partial charge in [0.05, 0.1) is 24.2 Å². The number of aromatic amines is 1. The molecule has 7 heteroatoms. The third kappa shape index (κ3) is 3.37. The van der Waals surface area contributed by atoms with E-state index in [-0.39, 0.29) is 6.04 Å². The number of hydrogen-bond donors (Lipinski definition) is 3. The predicted molar refractivity (Wildman–Crippen MR) is 78.7 cm³/mol. The molecule has 0 saturated carbocycles. The van der Waals surface area contributed by atoms with E-state index in [2.05, 4.69) is 30.2 Å². The van der Waals surface area contributed by atoms with Crippen molar-refractivity contribution in [2.75, 3.05) is 18.4 Å². The third-order valence-electron chi connectivity index (χ3n) is 3.85. The van der Waals surface area contributed by atoms with Gasteiger partial charge in [0.15, 0.2) is 0 Å². The zero-order valence-corrected chi connectivity index (χ0v) is 12.0. The maximum absolute atomic E-state index is 10.3. The minimum absolute atomic E-state index is 0.0102. The molecule has 21 heavy (non-hydrogen) atoms. The summed E-state index contributed by atoms with van der Waals surface area (Å²) in [6, 6.07) is 1.76. The molecule has 0 aliphatic carbocycles. The molecule has 0 bridgehead atoms. The largest absolute Gasteiger partial charge is 0.390 e. The number of rotatable bonds is 4. The molecule has 3 rings (SSSR count). The average Bonchev–Trinajstić information content (AvgIpc) is 2.88. The molecule has 112 valence electrons. The number of nitrogens with zero attached hydrogens (tertiary/aromatic N) is 4. The van der Waals surface area contributed by atoms with Gasteiger partial charge in [0.2, 0.25) is 5.95 Å². The Bertz CT molecular complexity index is 572. The van der Waals surface area contributed by atoms with Crippen LogP contribution < -0.4 is 5.32 Å². The van der Waals surface area contributed by atoms with Crippen LogP contribution in [0.5, 0.6) is 0 Å². The summed E-state index contributed by atoms with van der Waals surface area (Å²) in [6.45, 7) is 4.31. The van der Waals surface area contributed by atoms with Gasteiger partial charge in [-0.2, -0.15) is 0 Å². The highest BCUT2D eigenvalue weighted by atomic mass is 16.3. The molecular weight excluding hydrogens is 268 g/mol. The number of β-amino-alcohol motifs (C(OH)–C–C–N with tert-alkyl or cyclic N) is 1. The normalized spacial score (nSPS) is 23.1. The highest BCUT2D eigenvalue weighted by Gasteiger charge is 2.28. The Kier molecular flexibility index (Phi) is 4.12. The van der Waals surface area contributed by atoms with Crippen molar-refractivity contribution in [3.8, 4) is 0 Å². The summed E-state index contributed by atoms with van der Waals surface area (Å²) in [6.07, 6.45) is 5.50. The van der Waals surface area contributed by atoms with Gasteiger partial charge in [-0.25, -0.2) is 15.0 Å². The van der Waals surface area contributed by atoms with E-state index in [9.17, 15) is 5.11 Å². The molecule has 3 heterocycles. The van der Waals surface area contributed by atoms with Crippen LogP contribution in [0.2, 0.25) is 0 Å². The second kappa shape index (κ2) is 6.19. The molecule has 0 spiro atoms. The molecule has 1 aliphatic rings. The fourth-order valence-corrected chi connectivity index (χ4v) is 2.61. The lowest BCUT2D eigenvalue weighted by Gasteiger charge is -2.36. The summed E-state index contributed by atoms with van der Waals surface area (Å²) < 4.78 is 0. The Hall–Kier alpha value is -1.99. The Balaban J connectivity index is 1.56. The lowest BCUT2D eigenvalue weighted by atomic mass is 10.0. The Labute approximate surface area is 123 Å². The van der Waals surface area contributed by atoms with Gasteiger partial charge in [-0.15, -0.1) is 0 Å². The number of aromatic nitrogens is 4. The fourth-order valence-electron chi connectivity index (χ4n) is 2.61. The summed E-state index contributed by atoms with van der Waals surface area (Å²) in [5.41, 5.74) is 2.13. The first kappa shape index (κ1) is 14.0. The lowest BCUT2D eigenvalue weighted by Crippen LogP contribution is -2.49. The van der Waals surface area contributed by atoms with Crippen molar-refractivity contribution in [2.45, 2.75) is 32.0 Å². The van der Waals surface area contributed by atoms with Gasteiger partial charge in [0, 0.05) is 37.7 Å². The molecule has 0 radical (unpaired) electrons. The average molecular weight is 288 g/mol. The number of anilines is 1. The Morgan fingerprint density at radius 3 is 2.86 bits per heavy atom. The zero-order chi connectivity index (χ0) is 14.7. The molecule has 2 aromatic rings. The van der Waals surface area contributed by atoms with Gasteiger partial charge in [0.1, 0.15) is 0 Å². The maximum Gasteiger partial charge on any atom is 0.222 e. The topological polar surface area (TPSA) is 90.0 Å². The van der Waals surface area contributed by atoms with Crippen LogP contribution in [-0.4, -0.2) is 55.2 Å². The highest BCUT2D eigenvalue weighted by molar-refractivity contribution is 5.25. The van der Waals surface area contributed by atoms with Gasteiger partial charge in [-0.05, 0) is 19.4 Å². The molecule has 1 fully saturated rings. The Morgan fingerprint density at radius 1 is 1.38 bits per heavy atom. The van der Waals surface area contributed by atoms with E-state index in [0.29, 0.717) is 12.5 Å². The van der Waals surface area contributed by atoms with Crippen LogP contribution in [0.3, 0.4) is 0 Å². The minimum Gasteiger partial charge on any atom is -0.390 e. The van der Waals surface area contributed by atoms with E-state index in [0.717, 1.165) is 30.9 Å². The van der Waals surface area contributed by atoms with Gasteiger partial charge < -0.3 is 15.4 Å². The molecular formula is C14H20N6O. The molecule has 2 atom stereocenters. The van der Waals surface area contributed by atoms with Crippen LogP contribution in [-0.2, 0) is 6.54 Å². The smallest absolute Gasteiger partial charge is 0.222 e. The number of nitrogens with one attached hydrogen (secondary N) is 2. The van der Waals surface area contributed by atoms with Gasteiger partial charge >= 0.3 is 0 Å². The van der Waals surface area contributed by atoms with Crippen LogP contribution in [0, 0.1) is 6.92 Å². The summed E-state index contributed by atoms with van der Waals surface area (Å²) >= 11 is 0. The number of aliphatic hydroxyl groups excluding tert-OH is 1. The molecule has 1 saturated heterocycles. The number of aryl methyl sites for hydroxylation is 1. The summed E-state index contributed by atoms with van der Waals surface area (Å²) in [5.74, 6) is 0.568. The van der Waals surface area contributed by atoms with Crippen LogP contribution in [0.4, 0.5) is 5.95 Å². The summed E-state index contributed by atoms with van der Waals surface area (Å²) in [5, 5.41) is 13.5. The van der Waals surface area contributed by atoms with Gasteiger partial charge in [-0.3, -0.25) is 4.90 Å². The molecule has 3 N–H and O–H groups in total. The first-order chi connectivity index (χ1) is 10.2. The monoisotopic (exact) mass is 288 g/mol. The number of hydrogen-bond acceptors (Lipinski definition) is 6. The highest BCUT2D eigenvalue weighted by Crippen LogP contribution is 2.17. The van der Waals surface area contributed by atoms with Crippen molar-refractivity contribution in [3.05, 3.63) is 36.2 Å². The third-order valence-corrected chi connectivity index (χ3v) is 3.85. The molecule has 2 aromatic heterocycles. The summed E-state index contributed by atoms with van der Waals surface area (Å²) in [7, 11) is 0. The second-order valence-electron chi connectivity index (χ2n) is 5.39. The van der Waals surface area contributed by atoms with E-state index in [1.807, 2.05) is 6.92 Å². The first-order valence-electron chi connectivity index (χ1n) is 7.15. The van der Waals surface area contributed by atoms with Crippen molar-refractivity contribution in [3.63, 3.8) is 0 Å². The molecule has 0 unspecified atom stereocenters. The number of H-pyrrole nitrogens is 1. The van der Waals surface area contributed by atoms with E-state index < -0.39 is 6.10 Å². The van der Waals surface area contributed by atoms with Crippen molar-refractivity contribution in [2.24, 2.45) is 0 Å². The molecule has 1 aliphatic heterocycles. The lowest BCUT2D eigenvalue weighted by molar-refractivity contribution is 0.0553. The van der Waals surface area contributed by atoms with E-state index >= 15 is 0 Å². The maximum atomic E-state index is 10.3. The minimum atomic E-state index is -0.443. The quantitative estimate of drug-likeness (QED) is 0.761. The van der Waals surface area contributed by atoms with Crippen molar-refractivity contribution in [1.29, 1.82) is 0 Å². The molecule has 7 nitrogen and oxygen atoms in total. The van der Waals surface area contributed by atoms with Gasteiger partial charge in [-0.1, -0.05) is 0 Å². The number of piperidine rings is 1. The fraction of sp³-hybridized carbons (Fsp3) is 0.500. The van der Waals surface area contributed by atoms with E-state index in [4.69, 9.17) is 0 Å². The van der Waals surface area contributed by atoms with Gasteiger partial charge in [0.25, 0.3) is 0 Å². The van der Waals surface area contributed by atoms with E-state index in [1.165, 1.54) is 0 Å². The molecule has 0 amide bonds. The number of aliphatic hydroxyl groups is 1. The second-order valence-corrected chi connectivity index (χ2v) is 5.39. The van der Waals surface area contributed by atoms with Crippen molar-refractivity contribution < 1.29 is 5.11 Å². The first-order valence-corrected chi connectivity index (χ1v) is 7.15. The van der Waals surface area contributed by atoms with Crippen molar-refractivity contribution in [1.82, 2.24) is 24.8 Å². The van der Waals surface area contributed by atoms with Crippen LogP contribution in [0.1, 0.15) is 17.8 Å². The van der Waals surface area contributed by atoms with Crippen LogP contribution in [0.15, 0.2) is 24.8 Å². The summed E-state index contributed by atoms with van der Waals surface area (Å²) in [4.78, 5) is 17.9.